The largest absolute Gasteiger partial charge is 0.352 e. The van der Waals surface area contributed by atoms with E-state index in [9.17, 15) is 9.59 Å². The minimum atomic E-state index is -0.400. The summed E-state index contributed by atoms with van der Waals surface area (Å²) in [7, 11) is 0. The zero-order valence-electron chi connectivity index (χ0n) is 14.4. The maximum absolute atomic E-state index is 12.5. The summed E-state index contributed by atoms with van der Waals surface area (Å²) >= 11 is 0. The van der Waals surface area contributed by atoms with E-state index in [0.717, 1.165) is 49.9 Å². The summed E-state index contributed by atoms with van der Waals surface area (Å²) in [6.45, 7) is 3.28. The molecule has 3 N–H and O–H groups in total. The molecule has 0 aromatic heterocycles. The highest BCUT2D eigenvalue weighted by molar-refractivity contribution is 5.95. The average molecular weight is 329 g/mol. The third-order valence-corrected chi connectivity index (χ3v) is 5.36. The SMILES string of the molecule is CC1(N)CCCCC1C(=O)NCc1ccc(N2CCCC2=O)cc1. The van der Waals surface area contributed by atoms with E-state index in [2.05, 4.69) is 5.32 Å². The first kappa shape index (κ1) is 17.0. The number of hydrogen-bond donors (Lipinski definition) is 2. The van der Waals surface area contributed by atoms with Gasteiger partial charge in [-0.15, -0.1) is 0 Å². The Bertz CT molecular complexity index is 610. The zero-order chi connectivity index (χ0) is 17.2. The van der Waals surface area contributed by atoms with Crippen LogP contribution in [0, 0.1) is 5.92 Å². The van der Waals surface area contributed by atoms with Crippen molar-refractivity contribution >= 4 is 17.5 Å². The molecule has 1 heterocycles. The van der Waals surface area contributed by atoms with Crippen LogP contribution < -0.4 is 16.0 Å². The first-order valence-corrected chi connectivity index (χ1v) is 8.93. The second kappa shape index (κ2) is 6.93. The minimum Gasteiger partial charge on any atom is -0.352 e. The van der Waals surface area contributed by atoms with E-state index in [1.807, 2.05) is 36.1 Å². The number of carbonyl (C=O) groups is 2. The van der Waals surface area contributed by atoms with E-state index >= 15 is 0 Å². The number of anilines is 1. The van der Waals surface area contributed by atoms with Crippen LogP contribution in [-0.2, 0) is 16.1 Å². The molecule has 2 amide bonds. The Morgan fingerprint density at radius 3 is 2.67 bits per heavy atom. The van der Waals surface area contributed by atoms with Gasteiger partial charge in [-0.3, -0.25) is 9.59 Å². The predicted octanol–water partition coefficient (Wildman–Crippen LogP) is 2.34. The van der Waals surface area contributed by atoms with Crippen molar-refractivity contribution in [3.8, 4) is 0 Å². The van der Waals surface area contributed by atoms with Crippen molar-refractivity contribution < 1.29 is 9.59 Å². The number of nitrogens with one attached hydrogen (secondary N) is 1. The Kier molecular flexibility index (Phi) is 4.90. The van der Waals surface area contributed by atoms with Gasteiger partial charge in [0.25, 0.3) is 0 Å². The highest BCUT2D eigenvalue weighted by Crippen LogP contribution is 2.31. The Labute approximate surface area is 143 Å². The van der Waals surface area contributed by atoms with Crippen molar-refractivity contribution in [1.82, 2.24) is 5.32 Å². The maximum atomic E-state index is 12.5. The molecule has 5 nitrogen and oxygen atoms in total. The summed E-state index contributed by atoms with van der Waals surface area (Å²) in [5.41, 5.74) is 7.87. The number of hydrogen-bond acceptors (Lipinski definition) is 3. The molecular weight excluding hydrogens is 302 g/mol. The van der Waals surface area contributed by atoms with Gasteiger partial charge in [0, 0.05) is 30.7 Å². The zero-order valence-corrected chi connectivity index (χ0v) is 14.4. The van der Waals surface area contributed by atoms with Gasteiger partial charge in [-0.25, -0.2) is 0 Å². The quantitative estimate of drug-likeness (QED) is 0.890. The van der Waals surface area contributed by atoms with E-state index in [1.165, 1.54) is 0 Å². The first-order valence-electron chi connectivity index (χ1n) is 8.93. The Balaban J connectivity index is 1.56. The maximum Gasteiger partial charge on any atom is 0.227 e. The molecule has 1 saturated heterocycles. The van der Waals surface area contributed by atoms with Crippen LogP contribution in [0.15, 0.2) is 24.3 Å². The molecular formula is C19H27N3O2. The Morgan fingerprint density at radius 1 is 1.29 bits per heavy atom. The molecule has 0 bridgehead atoms. The van der Waals surface area contributed by atoms with Crippen LogP contribution in [0.5, 0.6) is 0 Å². The molecule has 2 unspecified atom stereocenters. The van der Waals surface area contributed by atoms with Crippen LogP contribution in [0.4, 0.5) is 5.69 Å². The molecule has 24 heavy (non-hydrogen) atoms. The Hall–Kier alpha value is -1.88. The van der Waals surface area contributed by atoms with Crippen LogP contribution >= 0.6 is 0 Å². The summed E-state index contributed by atoms with van der Waals surface area (Å²) in [4.78, 5) is 26.1. The smallest absolute Gasteiger partial charge is 0.227 e. The summed E-state index contributed by atoms with van der Waals surface area (Å²) in [6.07, 6.45) is 5.52. The number of nitrogens with two attached hydrogens (primary N) is 1. The van der Waals surface area contributed by atoms with Crippen LogP contribution in [0.2, 0.25) is 0 Å². The molecule has 2 fully saturated rings. The van der Waals surface area contributed by atoms with Gasteiger partial charge in [0.2, 0.25) is 11.8 Å². The third kappa shape index (κ3) is 3.61. The number of carbonyl (C=O) groups excluding carboxylic acids is 2. The van der Waals surface area contributed by atoms with Crippen molar-refractivity contribution in [1.29, 1.82) is 0 Å². The van der Waals surface area contributed by atoms with Crippen LogP contribution in [0.25, 0.3) is 0 Å². The lowest BCUT2D eigenvalue weighted by atomic mass is 9.74. The molecule has 1 aliphatic heterocycles. The van der Waals surface area contributed by atoms with Gasteiger partial charge in [0.1, 0.15) is 0 Å². The topological polar surface area (TPSA) is 75.4 Å². The number of rotatable bonds is 4. The fourth-order valence-electron chi connectivity index (χ4n) is 3.82. The number of benzene rings is 1. The van der Waals surface area contributed by atoms with Crippen molar-refractivity contribution in [2.45, 2.75) is 57.5 Å². The lowest BCUT2D eigenvalue weighted by Crippen LogP contribution is -2.52. The highest BCUT2D eigenvalue weighted by atomic mass is 16.2. The molecule has 1 aromatic carbocycles. The molecule has 0 spiro atoms. The lowest BCUT2D eigenvalue weighted by molar-refractivity contribution is -0.128. The van der Waals surface area contributed by atoms with E-state index in [4.69, 9.17) is 5.73 Å². The molecule has 1 aromatic rings. The first-order chi connectivity index (χ1) is 11.5. The fraction of sp³-hybridized carbons (Fsp3) is 0.579. The molecule has 0 radical (unpaired) electrons. The highest BCUT2D eigenvalue weighted by Gasteiger charge is 2.37. The Morgan fingerprint density at radius 2 is 2.04 bits per heavy atom. The van der Waals surface area contributed by atoms with Crippen molar-refractivity contribution in [2.75, 3.05) is 11.4 Å². The van der Waals surface area contributed by atoms with Crippen LogP contribution in [0.1, 0.15) is 51.0 Å². The molecule has 130 valence electrons. The fourth-order valence-corrected chi connectivity index (χ4v) is 3.82. The minimum absolute atomic E-state index is 0.0542. The van der Waals surface area contributed by atoms with Gasteiger partial charge >= 0.3 is 0 Å². The van der Waals surface area contributed by atoms with Crippen LogP contribution in [0.3, 0.4) is 0 Å². The monoisotopic (exact) mass is 329 g/mol. The third-order valence-electron chi connectivity index (χ3n) is 5.36. The summed E-state index contributed by atoms with van der Waals surface area (Å²) in [5.74, 6) is 0.141. The molecule has 2 aliphatic rings. The standard InChI is InChI=1S/C19H27N3O2/c1-19(20)11-3-2-5-16(19)18(24)21-13-14-7-9-15(10-8-14)22-12-4-6-17(22)23/h7-10,16H,2-6,11-13,20H2,1H3,(H,21,24). The molecule has 1 aliphatic carbocycles. The van der Waals surface area contributed by atoms with Gasteiger partial charge < -0.3 is 16.0 Å². The van der Waals surface area contributed by atoms with Gasteiger partial charge in [-0.1, -0.05) is 25.0 Å². The van der Waals surface area contributed by atoms with Crippen molar-refractivity contribution in [3.05, 3.63) is 29.8 Å². The van der Waals surface area contributed by atoms with Crippen molar-refractivity contribution in [2.24, 2.45) is 11.7 Å². The summed E-state index contributed by atoms with van der Waals surface area (Å²) in [5, 5.41) is 3.02. The second-order valence-corrected chi connectivity index (χ2v) is 7.34. The van der Waals surface area contributed by atoms with E-state index in [0.29, 0.717) is 13.0 Å². The van der Waals surface area contributed by atoms with Gasteiger partial charge in [0.15, 0.2) is 0 Å². The molecule has 2 atom stereocenters. The van der Waals surface area contributed by atoms with Gasteiger partial charge in [-0.2, -0.15) is 0 Å². The summed E-state index contributed by atoms with van der Waals surface area (Å²) < 4.78 is 0. The molecule has 1 saturated carbocycles. The van der Waals surface area contributed by atoms with Crippen LogP contribution in [-0.4, -0.2) is 23.9 Å². The number of amides is 2. The van der Waals surface area contributed by atoms with E-state index in [1.54, 1.807) is 0 Å². The average Bonchev–Trinajstić information content (AvgIpc) is 2.99. The molecule has 3 rings (SSSR count). The van der Waals surface area contributed by atoms with Crippen molar-refractivity contribution in [3.63, 3.8) is 0 Å². The normalized spacial score (nSPS) is 27.3. The van der Waals surface area contributed by atoms with E-state index in [-0.39, 0.29) is 17.7 Å². The van der Waals surface area contributed by atoms with Gasteiger partial charge in [0.05, 0.1) is 5.92 Å². The summed E-state index contributed by atoms with van der Waals surface area (Å²) in [6, 6.07) is 7.87. The molecule has 5 heteroatoms. The number of nitrogens with zero attached hydrogens (tertiary/aromatic N) is 1. The predicted molar refractivity (Wildman–Crippen MR) is 94.4 cm³/mol. The van der Waals surface area contributed by atoms with Gasteiger partial charge in [-0.05, 0) is 43.9 Å². The lowest BCUT2D eigenvalue weighted by Gasteiger charge is -2.37. The van der Waals surface area contributed by atoms with E-state index < -0.39 is 5.54 Å². The second-order valence-electron chi connectivity index (χ2n) is 7.34.